The van der Waals surface area contributed by atoms with Gasteiger partial charge in [-0.1, -0.05) is 19.8 Å². The van der Waals surface area contributed by atoms with Gasteiger partial charge >= 0.3 is 0 Å². The third kappa shape index (κ3) is 2.02. The van der Waals surface area contributed by atoms with Crippen LogP contribution in [0.1, 0.15) is 26.2 Å². The molecule has 2 aromatic heterocycles. The molecule has 1 N–H and O–H groups in total. The van der Waals surface area contributed by atoms with E-state index in [9.17, 15) is 0 Å². The van der Waals surface area contributed by atoms with E-state index in [2.05, 4.69) is 17.2 Å². The van der Waals surface area contributed by atoms with Crippen molar-refractivity contribution >= 4 is 16.8 Å². The van der Waals surface area contributed by atoms with Crippen LogP contribution in [0.2, 0.25) is 0 Å². The third-order valence-corrected chi connectivity index (χ3v) is 3.95. The van der Waals surface area contributed by atoms with E-state index >= 15 is 0 Å². The Labute approximate surface area is 101 Å². The van der Waals surface area contributed by atoms with Crippen molar-refractivity contribution in [2.45, 2.75) is 26.2 Å². The van der Waals surface area contributed by atoms with Crippen LogP contribution in [-0.2, 0) is 0 Å². The summed E-state index contributed by atoms with van der Waals surface area (Å²) < 4.78 is 5.37. The van der Waals surface area contributed by atoms with Gasteiger partial charge in [-0.15, -0.1) is 0 Å². The van der Waals surface area contributed by atoms with Crippen LogP contribution in [0, 0.1) is 11.8 Å². The number of nitrogens with zero attached hydrogens (tertiary/aromatic N) is 1. The first-order valence-electron chi connectivity index (χ1n) is 6.40. The molecule has 90 valence electrons. The van der Waals surface area contributed by atoms with Gasteiger partial charge in [-0.3, -0.25) is 0 Å². The molecule has 1 fully saturated rings. The smallest absolute Gasteiger partial charge is 0.139 e. The lowest BCUT2D eigenvalue weighted by molar-refractivity contribution is 0.439. The molecule has 0 aliphatic heterocycles. The molecule has 3 nitrogen and oxygen atoms in total. The molecule has 0 saturated heterocycles. The Hall–Kier alpha value is -1.51. The van der Waals surface area contributed by atoms with Gasteiger partial charge in [0.1, 0.15) is 11.4 Å². The van der Waals surface area contributed by atoms with Crippen molar-refractivity contribution in [1.82, 2.24) is 4.98 Å². The maximum Gasteiger partial charge on any atom is 0.139 e. The lowest BCUT2D eigenvalue weighted by Crippen LogP contribution is -2.17. The van der Waals surface area contributed by atoms with E-state index in [-0.39, 0.29) is 0 Å². The van der Waals surface area contributed by atoms with Gasteiger partial charge in [0.05, 0.1) is 11.6 Å². The molecule has 1 aliphatic rings. The van der Waals surface area contributed by atoms with E-state index in [4.69, 9.17) is 4.42 Å². The van der Waals surface area contributed by atoms with Crippen LogP contribution in [0.15, 0.2) is 29.0 Å². The summed E-state index contributed by atoms with van der Waals surface area (Å²) in [7, 11) is 0. The number of pyridine rings is 1. The van der Waals surface area contributed by atoms with E-state index in [1.54, 1.807) is 12.5 Å². The molecular formula is C14H18N2O. The van der Waals surface area contributed by atoms with Crippen LogP contribution >= 0.6 is 0 Å². The SMILES string of the molecule is CC1CCCC1CNc1nccc2occc12. The number of hydrogen-bond acceptors (Lipinski definition) is 3. The fraction of sp³-hybridized carbons (Fsp3) is 0.500. The lowest BCUT2D eigenvalue weighted by atomic mass is 9.98. The number of rotatable bonds is 3. The highest BCUT2D eigenvalue weighted by Gasteiger charge is 2.23. The summed E-state index contributed by atoms with van der Waals surface area (Å²) in [4.78, 5) is 4.39. The van der Waals surface area contributed by atoms with Crippen molar-refractivity contribution in [3.63, 3.8) is 0 Å². The fourth-order valence-corrected chi connectivity index (χ4v) is 2.79. The van der Waals surface area contributed by atoms with Crippen molar-refractivity contribution in [2.24, 2.45) is 11.8 Å². The van der Waals surface area contributed by atoms with E-state index in [0.29, 0.717) is 0 Å². The third-order valence-electron chi connectivity index (χ3n) is 3.95. The zero-order chi connectivity index (χ0) is 11.7. The average Bonchev–Trinajstić information content (AvgIpc) is 2.95. The second-order valence-corrected chi connectivity index (χ2v) is 5.04. The predicted octanol–water partition coefficient (Wildman–Crippen LogP) is 3.68. The quantitative estimate of drug-likeness (QED) is 0.874. The highest BCUT2D eigenvalue weighted by atomic mass is 16.3. The normalized spacial score (nSPS) is 24.3. The van der Waals surface area contributed by atoms with E-state index in [0.717, 1.165) is 35.2 Å². The Morgan fingerprint density at radius 2 is 2.35 bits per heavy atom. The minimum absolute atomic E-state index is 0.791. The Bertz CT molecular complexity index is 506. The van der Waals surface area contributed by atoms with Gasteiger partial charge in [0.25, 0.3) is 0 Å². The molecule has 0 amide bonds. The maximum absolute atomic E-state index is 5.37. The predicted molar refractivity (Wildman–Crippen MR) is 69.0 cm³/mol. The first-order chi connectivity index (χ1) is 8.34. The van der Waals surface area contributed by atoms with Gasteiger partial charge in [-0.2, -0.15) is 0 Å². The second kappa shape index (κ2) is 4.40. The first kappa shape index (κ1) is 10.6. The highest BCUT2D eigenvalue weighted by molar-refractivity contribution is 5.87. The number of hydrogen-bond donors (Lipinski definition) is 1. The molecule has 2 unspecified atom stereocenters. The molecule has 17 heavy (non-hydrogen) atoms. The summed E-state index contributed by atoms with van der Waals surface area (Å²) >= 11 is 0. The summed E-state index contributed by atoms with van der Waals surface area (Å²) in [6, 6.07) is 3.88. The largest absolute Gasteiger partial charge is 0.464 e. The van der Waals surface area contributed by atoms with E-state index in [1.807, 2.05) is 12.1 Å². The van der Waals surface area contributed by atoms with Gasteiger partial charge in [0.2, 0.25) is 0 Å². The number of fused-ring (bicyclic) bond motifs is 1. The molecule has 1 aliphatic carbocycles. The van der Waals surface area contributed by atoms with Crippen molar-refractivity contribution < 1.29 is 4.42 Å². The Morgan fingerprint density at radius 3 is 3.18 bits per heavy atom. The molecule has 0 radical (unpaired) electrons. The zero-order valence-corrected chi connectivity index (χ0v) is 10.1. The molecule has 3 heteroatoms. The van der Waals surface area contributed by atoms with Gasteiger partial charge in [-0.05, 0) is 30.4 Å². The Kier molecular flexibility index (Phi) is 2.75. The number of furan rings is 1. The van der Waals surface area contributed by atoms with Crippen LogP contribution in [0.5, 0.6) is 0 Å². The minimum atomic E-state index is 0.791. The first-order valence-corrected chi connectivity index (χ1v) is 6.40. The Balaban J connectivity index is 1.74. The molecule has 0 bridgehead atoms. The maximum atomic E-state index is 5.37. The zero-order valence-electron chi connectivity index (χ0n) is 10.1. The van der Waals surface area contributed by atoms with E-state index < -0.39 is 0 Å². The molecule has 2 atom stereocenters. The Morgan fingerprint density at radius 1 is 1.41 bits per heavy atom. The number of nitrogens with one attached hydrogen (secondary N) is 1. The molecular weight excluding hydrogens is 212 g/mol. The monoisotopic (exact) mass is 230 g/mol. The summed E-state index contributed by atoms with van der Waals surface area (Å²) in [6.45, 7) is 3.38. The topological polar surface area (TPSA) is 38.1 Å². The molecule has 1 saturated carbocycles. The van der Waals surface area contributed by atoms with Crippen molar-refractivity contribution in [1.29, 1.82) is 0 Å². The van der Waals surface area contributed by atoms with Gasteiger partial charge in [0, 0.05) is 12.7 Å². The molecule has 2 heterocycles. The summed E-state index contributed by atoms with van der Waals surface area (Å²) in [5.74, 6) is 2.58. The minimum Gasteiger partial charge on any atom is -0.464 e. The highest BCUT2D eigenvalue weighted by Crippen LogP contribution is 2.31. The number of anilines is 1. The molecule has 2 aromatic rings. The van der Waals surface area contributed by atoms with Gasteiger partial charge in [-0.25, -0.2) is 4.98 Å². The van der Waals surface area contributed by atoms with Gasteiger partial charge in [0.15, 0.2) is 0 Å². The van der Waals surface area contributed by atoms with Crippen LogP contribution in [0.4, 0.5) is 5.82 Å². The second-order valence-electron chi connectivity index (χ2n) is 5.04. The van der Waals surface area contributed by atoms with Crippen molar-refractivity contribution in [3.05, 3.63) is 24.6 Å². The summed E-state index contributed by atoms with van der Waals surface area (Å²) in [5, 5.41) is 4.56. The van der Waals surface area contributed by atoms with E-state index in [1.165, 1.54) is 19.3 Å². The standard InChI is InChI=1S/C14H18N2O/c1-10-3-2-4-11(10)9-16-14-12-6-8-17-13(12)5-7-15-14/h5-8,10-11H,2-4,9H2,1H3,(H,15,16). The van der Waals surface area contributed by atoms with Crippen molar-refractivity contribution in [2.75, 3.05) is 11.9 Å². The fourth-order valence-electron chi connectivity index (χ4n) is 2.79. The van der Waals surface area contributed by atoms with Crippen LogP contribution in [0.3, 0.4) is 0 Å². The molecule has 3 rings (SSSR count). The van der Waals surface area contributed by atoms with Crippen LogP contribution in [0.25, 0.3) is 11.0 Å². The van der Waals surface area contributed by atoms with Crippen molar-refractivity contribution in [3.8, 4) is 0 Å². The summed E-state index contributed by atoms with van der Waals surface area (Å²) in [6.07, 6.45) is 7.60. The molecule has 0 aromatic carbocycles. The average molecular weight is 230 g/mol. The summed E-state index contributed by atoms with van der Waals surface area (Å²) in [5.41, 5.74) is 0.905. The van der Waals surface area contributed by atoms with Gasteiger partial charge < -0.3 is 9.73 Å². The number of aromatic nitrogens is 1. The van der Waals surface area contributed by atoms with Crippen LogP contribution < -0.4 is 5.32 Å². The lowest BCUT2D eigenvalue weighted by Gasteiger charge is -2.16. The molecule has 0 spiro atoms. The van der Waals surface area contributed by atoms with Crippen LogP contribution in [-0.4, -0.2) is 11.5 Å².